The highest BCUT2D eigenvalue weighted by atomic mass is 32.2. The number of esters is 1. The largest absolute Gasteiger partial charge is 0.466 e. The molecule has 0 heterocycles. The van der Waals surface area contributed by atoms with Crippen molar-refractivity contribution in [3.8, 4) is 0 Å². The van der Waals surface area contributed by atoms with Crippen molar-refractivity contribution in [2.45, 2.75) is 34.5 Å². The first kappa shape index (κ1) is 33.8. The van der Waals surface area contributed by atoms with E-state index in [9.17, 15) is 22.8 Å². The van der Waals surface area contributed by atoms with Gasteiger partial charge in [0, 0.05) is 13.0 Å². The molecule has 24 heavy (non-hydrogen) atoms. The number of hydrogen-bond donors (Lipinski definition) is 4. The van der Waals surface area contributed by atoms with Gasteiger partial charge in [-0.25, -0.2) is 18.4 Å². The van der Waals surface area contributed by atoms with Crippen LogP contribution in [0, 0.1) is 0 Å². The average Bonchev–Trinajstić information content (AvgIpc) is 2.24. The molecular weight excluding hydrogens is 343 g/mol. The molecule has 0 saturated carbocycles. The molecule has 0 aromatic rings. The van der Waals surface area contributed by atoms with E-state index in [1.807, 2.05) is 0 Å². The van der Waals surface area contributed by atoms with Crippen LogP contribution in [0.25, 0.3) is 0 Å². The normalized spacial score (nSPS) is 8.42. The molecule has 0 unspecified atom stereocenters. The third kappa shape index (κ3) is 712. The Balaban J connectivity index is -0.0000000642. The van der Waals surface area contributed by atoms with Crippen LogP contribution in [0.3, 0.4) is 0 Å². The van der Waals surface area contributed by atoms with Gasteiger partial charge in [-0.15, -0.1) is 0 Å². The summed E-state index contributed by atoms with van der Waals surface area (Å²) in [5, 5.41) is 19.5. The minimum absolute atomic E-state index is 0.167. The number of Topliss-reactive ketones (excluding diaryl/α,β-unsaturated/α-hetero) is 1. The van der Waals surface area contributed by atoms with Gasteiger partial charge in [-0.1, -0.05) is 6.08 Å². The second kappa shape index (κ2) is 23.5. The number of hydrogen-bond acceptors (Lipinski definition) is 8. The Kier molecular flexibility index (Phi) is 33.1. The van der Waals surface area contributed by atoms with E-state index in [1.165, 1.54) is 40.8 Å². The van der Waals surface area contributed by atoms with Gasteiger partial charge in [0.2, 0.25) is 15.9 Å². The number of ketones is 1. The molecular formula is C12H29BN2O8S. The van der Waals surface area contributed by atoms with Crippen LogP contribution in [-0.2, 0) is 29.1 Å². The monoisotopic (exact) mass is 372 g/mol. The van der Waals surface area contributed by atoms with E-state index in [0.717, 1.165) is 6.26 Å². The Morgan fingerprint density at radius 2 is 1.29 bits per heavy atom. The van der Waals surface area contributed by atoms with Crippen LogP contribution in [0.15, 0.2) is 12.2 Å². The molecule has 0 radical (unpaired) electrons. The van der Waals surface area contributed by atoms with Gasteiger partial charge in [-0.3, -0.25) is 4.79 Å². The number of nitrogens with two attached hydrogens (primary N) is 2. The van der Waals surface area contributed by atoms with E-state index in [2.05, 4.69) is 15.6 Å². The summed E-state index contributed by atoms with van der Waals surface area (Å²) < 4.78 is 23.1. The quantitative estimate of drug-likeness (QED) is 0.251. The third-order valence-electron chi connectivity index (χ3n) is 0.504. The number of ether oxygens (including phenoxy) is 1. The Hall–Kier alpha value is -1.76. The van der Waals surface area contributed by atoms with E-state index in [4.69, 9.17) is 10.0 Å². The van der Waals surface area contributed by atoms with Crippen LogP contribution in [0.4, 0.5) is 0 Å². The summed E-state index contributed by atoms with van der Waals surface area (Å²) >= 11 is 0. The highest BCUT2D eigenvalue weighted by molar-refractivity contribution is 7.88. The third-order valence-corrected chi connectivity index (χ3v) is 0.504. The maximum atomic E-state index is 10.1. The summed E-state index contributed by atoms with van der Waals surface area (Å²) in [4.78, 5) is 28.8. The molecule has 0 aromatic heterocycles. The molecule has 0 spiro atoms. The molecule has 0 saturated heterocycles. The zero-order valence-corrected chi connectivity index (χ0v) is 16.0. The molecule has 0 aliphatic heterocycles. The standard InChI is InChI=1S/C5H8O2.C3H6O.C2H5NO.CH5BO2.CH5NO2S/c1-3-4-5(6)7-2;1-3(2)4;2*1-2(3)4;1-5(2,3)4/h3-4H,1-2H3;1-2H3;1H3,(H2,3,4);3-4H,1H3;1H3,(H2,2,3,4)/b4-3+;;;;. The van der Waals surface area contributed by atoms with Crippen LogP contribution in [0.2, 0.25) is 6.82 Å². The summed E-state index contributed by atoms with van der Waals surface area (Å²) in [6.45, 7) is 7.40. The highest BCUT2D eigenvalue weighted by Gasteiger charge is 1.86. The SMILES string of the molecule is C/C=C/C(=O)OC.CB(O)O.CC(C)=O.CC(N)=O.CS(N)(=O)=O. The van der Waals surface area contributed by atoms with Crippen molar-refractivity contribution in [1.29, 1.82) is 0 Å². The van der Waals surface area contributed by atoms with Crippen molar-refractivity contribution in [2.24, 2.45) is 10.9 Å². The molecule has 0 atom stereocenters. The van der Waals surface area contributed by atoms with Crippen molar-refractivity contribution < 1.29 is 37.6 Å². The van der Waals surface area contributed by atoms with Crippen LogP contribution >= 0.6 is 0 Å². The number of carbonyl (C=O) groups excluding carboxylic acids is 3. The molecule has 0 aliphatic carbocycles. The highest BCUT2D eigenvalue weighted by Crippen LogP contribution is 1.73. The van der Waals surface area contributed by atoms with Crippen molar-refractivity contribution in [3.63, 3.8) is 0 Å². The van der Waals surface area contributed by atoms with Gasteiger partial charge in [0.05, 0.1) is 13.4 Å². The lowest BCUT2D eigenvalue weighted by Crippen LogP contribution is -2.07. The molecule has 6 N–H and O–H groups in total. The number of rotatable bonds is 1. The second-order valence-electron chi connectivity index (χ2n) is 4.00. The molecule has 0 rings (SSSR count). The second-order valence-corrected chi connectivity index (χ2v) is 5.66. The van der Waals surface area contributed by atoms with Gasteiger partial charge >= 0.3 is 13.1 Å². The van der Waals surface area contributed by atoms with Gasteiger partial charge in [-0.05, 0) is 27.6 Å². The van der Waals surface area contributed by atoms with Crippen molar-refractivity contribution in [3.05, 3.63) is 12.2 Å². The molecule has 144 valence electrons. The first-order valence-electron chi connectivity index (χ1n) is 6.28. The summed E-state index contributed by atoms with van der Waals surface area (Å²) in [7, 11) is -2.98. The van der Waals surface area contributed by atoms with E-state index in [-0.39, 0.29) is 17.7 Å². The lowest BCUT2D eigenvalue weighted by molar-refractivity contribution is -0.134. The number of primary amides is 1. The van der Waals surface area contributed by atoms with E-state index in [0.29, 0.717) is 0 Å². The Labute approximate surface area is 144 Å². The lowest BCUT2D eigenvalue weighted by Gasteiger charge is -1.84. The topological polar surface area (TPSA) is 187 Å². The zero-order valence-electron chi connectivity index (χ0n) is 15.1. The smallest absolute Gasteiger partial charge is 0.448 e. The summed E-state index contributed by atoms with van der Waals surface area (Å²) in [6, 6.07) is 0. The maximum absolute atomic E-state index is 10.1. The first-order chi connectivity index (χ1) is 10.5. The molecule has 10 nitrogen and oxygen atoms in total. The Morgan fingerprint density at radius 3 is 1.33 bits per heavy atom. The number of allylic oxidation sites excluding steroid dienone is 1. The minimum Gasteiger partial charge on any atom is -0.466 e. The predicted molar refractivity (Wildman–Crippen MR) is 93.1 cm³/mol. The van der Waals surface area contributed by atoms with Crippen LogP contribution in [-0.4, -0.2) is 56.6 Å². The average molecular weight is 372 g/mol. The fourth-order valence-electron chi connectivity index (χ4n) is 0.204. The number of primary sulfonamides is 1. The van der Waals surface area contributed by atoms with Gasteiger partial charge in [0.25, 0.3) is 0 Å². The fraction of sp³-hybridized carbons (Fsp3) is 0.583. The number of carbonyl (C=O) groups is 3. The summed E-state index contributed by atoms with van der Waals surface area (Å²) in [5.41, 5.74) is 4.47. The Bertz CT molecular complexity index is 419. The number of methoxy groups -OCH3 is 1. The molecule has 1 amide bonds. The van der Waals surface area contributed by atoms with Gasteiger partial charge in [-0.2, -0.15) is 0 Å². The van der Waals surface area contributed by atoms with E-state index >= 15 is 0 Å². The lowest BCUT2D eigenvalue weighted by atomic mass is 9.99. The zero-order chi connectivity index (χ0) is 20.9. The van der Waals surface area contributed by atoms with Crippen LogP contribution in [0.5, 0.6) is 0 Å². The van der Waals surface area contributed by atoms with E-state index in [1.54, 1.807) is 13.0 Å². The molecule has 12 heteroatoms. The van der Waals surface area contributed by atoms with Crippen molar-refractivity contribution in [1.82, 2.24) is 0 Å². The van der Waals surface area contributed by atoms with Gasteiger partial charge in [0.15, 0.2) is 0 Å². The van der Waals surface area contributed by atoms with Gasteiger partial charge in [0.1, 0.15) is 5.78 Å². The molecule has 0 bridgehead atoms. The molecule has 0 aliphatic rings. The van der Waals surface area contributed by atoms with Crippen molar-refractivity contribution in [2.75, 3.05) is 13.4 Å². The number of sulfonamides is 1. The minimum atomic E-state index is -3.17. The molecule has 0 fully saturated rings. The molecule has 0 aromatic carbocycles. The summed E-state index contributed by atoms with van der Waals surface area (Å²) in [5.74, 6) is -0.470. The first-order valence-corrected chi connectivity index (χ1v) is 8.24. The maximum Gasteiger partial charge on any atom is 0.448 e. The summed E-state index contributed by atoms with van der Waals surface area (Å²) in [6.07, 6.45) is 3.93. The number of amides is 1. The predicted octanol–water partition coefficient (Wildman–Crippen LogP) is -1.18. The fourth-order valence-corrected chi connectivity index (χ4v) is 0.204. The van der Waals surface area contributed by atoms with Crippen LogP contribution < -0.4 is 10.9 Å². The van der Waals surface area contributed by atoms with E-state index < -0.39 is 17.1 Å². The van der Waals surface area contributed by atoms with Gasteiger partial charge < -0.3 is 25.3 Å². The van der Waals surface area contributed by atoms with Crippen molar-refractivity contribution >= 4 is 34.8 Å². The van der Waals surface area contributed by atoms with Crippen LogP contribution in [0.1, 0.15) is 27.7 Å². The Morgan fingerprint density at radius 1 is 1.12 bits per heavy atom.